The van der Waals surface area contributed by atoms with Gasteiger partial charge in [-0.3, -0.25) is 4.79 Å². The number of guanidine groups is 1. The first-order valence-electron chi connectivity index (χ1n) is 13.4. The number of piperidine rings is 1. The minimum atomic E-state index is -4.96. The van der Waals surface area contributed by atoms with E-state index in [2.05, 4.69) is 25.7 Å². The smallest absolute Gasteiger partial charge is 0.370 e. The molecular weight excluding hydrogens is 535 g/mol. The molecule has 4 heterocycles. The van der Waals surface area contributed by atoms with Crippen molar-refractivity contribution in [2.75, 3.05) is 32.8 Å². The molecule has 5 rings (SSSR count). The van der Waals surface area contributed by atoms with Crippen LogP contribution in [0.25, 0.3) is 0 Å². The quantitative estimate of drug-likeness (QED) is 0.526. The lowest BCUT2D eigenvalue weighted by molar-refractivity contribution is -0.186. The van der Waals surface area contributed by atoms with Gasteiger partial charge in [0.15, 0.2) is 11.7 Å². The van der Waals surface area contributed by atoms with E-state index in [4.69, 9.17) is 15.5 Å². The number of carbonyl (C=O) groups excluding carboxylic acids is 1. The number of sulfonamides is 1. The number of aliphatic imine (C=N–C) groups is 1. The van der Waals surface area contributed by atoms with Gasteiger partial charge >= 0.3 is 12.1 Å². The number of fused-ring (bicyclic) bond motifs is 1. The Morgan fingerprint density at radius 2 is 1.87 bits per heavy atom. The van der Waals surface area contributed by atoms with Crippen LogP contribution in [-0.4, -0.2) is 84.6 Å². The van der Waals surface area contributed by atoms with E-state index < -0.39 is 33.4 Å². The molecular formula is C26H36F3N5O4S. The van der Waals surface area contributed by atoms with E-state index in [1.807, 2.05) is 0 Å². The van der Waals surface area contributed by atoms with Crippen molar-refractivity contribution in [1.82, 2.24) is 14.1 Å². The van der Waals surface area contributed by atoms with Crippen LogP contribution in [0.1, 0.15) is 51.2 Å². The van der Waals surface area contributed by atoms with Crippen molar-refractivity contribution in [3.05, 3.63) is 29.3 Å². The van der Waals surface area contributed by atoms with Crippen LogP contribution in [0.5, 0.6) is 0 Å². The highest BCUT2D eigenvalue weighted by Crippen LogP contribution is 2.51. The molecule has 1 aromatic rings. The Bertz CT molecular complexity index is 1270. The summed E-state index contributed by atoms with van der Waals surface area (Å²) in [4.78, 5) is 19.3. The zero-order valence-electron chi connectivity index (χ0n) is 22.5. The van der Waals surface area contributed by atoms with Crippen LogP contribution >= 0.6 is 0 Å². The number of benzene rings is 1. The Labute approximate surface area is 227 Å². The van der Waals surface area contributed by atoms with Gasteiger partial charge in [-0.2, -0.15) is 17.5 Å². The number of amides is 1. The number of ether oxygens (including phenoxy) is 1. The van der Waals surface area contributed by atoms with Gasteiger partial charge in [0.25, 0.3) is 0 Å². The molecule has 0 aromatic heterocycles. The highest BCUT2D eigenvalue weighted by Gasteiger charge is 2.67. The molecule has 9 nitrogen and oxygen atoms in total. The third-order valence-corrected chi connectivity index (χ3v) is 10.4. The summed E-state index contributed by atoms with van der Waals surface area (Å²) in [6.07, 6.45) is -2.59. The summed E-state index contributed by atoms with van der Waals surface area (Å²) in [5.74, 6) is -0.802. The van der Waals surface area contributed by atoms with Gasteiger partial charge in [-0.1, -0.05) is 19.9 Å². The molecule has 216 valence electrons. The first-order valence-corrected chi connectivity index (χ1v) is 14.9. The standard InChI is InChI=1S/C26H36F3N5O4S/c1-17(2)13-24(3)25(16-38-25)34(23(30)31-24)14-18-6-10-33(11-7-18)39(36,37)21-5-4-19-8-9-32(15-20(19)12-21)22(35)26(27,28)29/h4-5,12,17-18H,6-11,13-16H2,1-3H3,(H2,30,31). The number of rotatable bonds is 6. The minimum Gasteiger partial charge on any atom is -0.370 e. The molecule has 2 unspecified atom stereocenters. The second-order valence-corrected chi connectivity index (χ2v) is 13.7. The van der Waals surface area contributed by atoms with Crippen molar-refractivity contribution in [2.45, 2.75) is 75.3 Å². The van der Waals surface area contributed by atoms with Crippen LogP contribution in [0.15, 0.2) is 28.1 Å². The number of hydrogen-bond acceptors (Lipinski definition) is 7. The predicted molar refractivity (Wildman–Crippen MR) is 138 cm³/mol. The Morgan fingerprint density at radius 1 is 1.21 bits per heavy atom. The summed E-state index contributed by atoms with van der Waals surface area (Å²) in [5, 5.41) is 0. The first kappa shape index (κ1) is 28.2. The molecule has 1 amide bonds. The van der Waals surface area contributed by atoms with Crippen LogP contribution in [-0.2, 0) is 32.5 Å². The number of alkyl halides is 3. The third kappa shape index (κ3) is 5.01. The van der Waals surface area contributed by atoms with E-state index >= 15 is 0 Å². The molecule has 39 heavy (non-hydrogen) atoms. The molecule has 2 atom stereocenters. The average molecular weight is 572 g/mol. The minimum absolute atomic E-state index is 0.0340. The van der Waals surface area contributed by atoms with Crippen LogP contribution in [0.2, 0.25) is 0 Å². The highest BCUT2D eigenvalue weighted by molar-refractivity contribution is 7.89. The number of halogens is 3. The molecule has 0 bridgehead atoms. The number of carbonyl (C=O) groups is 1. The normalized spacial score (nSPS) is 28.2. The van der Waals surface area contributed by atoms with Crippen molar-refractivity contribution in [2.24, 2.45) is 22.6 Å². The van der Waals surface area contributed by atoms with Crippen molar-refractivity contribution in [1.29, 1.82) is 0 Å². The molecule has 2 fully saturated rings. The van der Waals surface area contributed by atoms with Gasteiger partial charge in [0.05, 0.1) is 4.90 Å². The Kier molecular flexibility index (Phi) is 6.95. The van der Waals surface area contributed by atoms with Crippen LogP contribution in [0, 0.1) is 11.8 Å². The molecule has 2 N–H and O–H groups in total. The van der Waals surface area contributed by atoms with Crippen LogP contribution < -0.4 is 5.73 Å². The summed E-state index contributed by atoms with van der Waals surface area (Å²) >= 11 is 0. The maximum Gasteiger partial charge on any atom is 0.471 e. The molecule has 0 aliphatic carbocycles. The van der Waals surface area contributed by atoms with Crippen LogP contribution in [0.3, 0.4) is 0 Å². The Hall–Kier alpha value is -2.38. The zero-order valence-corrected chi connectivity index (χ0v) is 23.3. The lowest BCUT2D eigenvalue weighted by atomic mass is 9.84. The fourth-order valence-electron chi connectivity index (χ4n) is 6.44. The van der Waals surface area contributed by atoms with Gasteiger partial charge in [0.2, 0.25) is 10.0 Å². The van der Waals surface area contributed by atoms with Gasteiger partial charge in [0.1, 0.15) is 12.1 Å². The molecule has 0 radical (unpaired) electrons. The van der Waals surface area contributed by atoms with Crippen molar-refractivity contribution in [3.8, 4) is 0 Å². The molecule has 1 spiro atoms. The van der Waals surface area contributed by atoms with Crippen molar-refractivity contribution in [3.63, 3.8) is 0 Å². The van der Waals surface area contributed by atoms with E-state index in [1.54, 1.807) is 6.07 Å². The summed E-state index contributed by atoms with van der Waals surface area (Å²) in [5.41, 5.74) is 6.60. The number of hydrogen-bond donors (Lipinski definition) is 1. The lowest BCUT2D eigenvalue weighted by Crippen LogP contribution is -2.53. The topological polar surface area (TPSA) is 112 Å². The molecule has 2 saturated heterocycles. The van der Waals surface area contributed by atoms with Gasteiger partial charge < -0.3 is 20.3 Å². The molecule has 4 aliphatic heterocycles. The van der Waals surface area contributed by atoms with Gasteiger partial charge in [-0.05, 0) is 67.7 Å². The fourth-order valence-corrected chi connectivity index (χ4v) is 7.96. The average Bonchev–Trinajstić information content (AvgIpc) is 3.64. The van der Waals surface area contributed by atoms with E-state index in [0.717, 1.165) is 16.9 Å². The van der Waals surface area contributed by atoms with Gasteiger partial charge in [-0.15, -0.1) is 0 Å². The predicted octanol–water partition coefficient (Wildman–Crippen LogP) is 2.70. The molecule has 1 aromatic carbocycles. The summed E-state index contributed by atoms with van der Waals surface area (Å²) in [7, 11) is -3.84. The molecule has 0 saturated carbocycles. The largest absolute Gasteiger partial charge is 0.471 e. The maximum absolute atomic E-state index is 13.4. The van der Waals surface area contributed by atoms with Gasteiger partial charge in [-0.25, -0.2) is 13.4 Å². The van der Waals surface area contributed by atoms with Crippen molar-refractivity contribution < 1.29 is 31.1 Å². The van der Waals surface area contributed by atoms with E-state index in [9.17, 15) is 26.4 Å². The summed E-state index contributed by atoms with van der Waals surface area (Å²) < 4.78 is 73.0. The summed E-state index contributed by atoms with van der Waals surface area (Å²) in [6.45, 7) is 7.90. The zero-order chi connectivity index (χ0) is 28.4. The van der Waals surface area contributed by atoms with E-state index in [0.29, 0.717) is 56.5 Å². The third-order valence-electron chi connectivity index (χ3n) is 8.51. The highest BCUT2D eigenvalue weighted by atomic mass is 32.2. The monoisotopic (exact) mass is 571 g/mol. The number of nitrogens with zero attached hydrogens (tertiary/aromatic N) is 4. The second kappa shape index (κ2) is 9.62. The first-order chi connectivity index (χ1) is 18.2. The molecule has 4 aliphatic rings. The maximum atomic E-state index is 13.4. The fraction of sp³-hybridized carbons (Fsp3) is 0.692. The van der Waals surface area contributed by atoms with E-state index in [1.165, 1.54) is 16.4 Å². The Morgan fingerprint density at radius 3 is 2.46 bits per heavy atom. The number of nitrogens with two attached hydrogens (primary N) is 1. The molecule has 13 heteroatoms. The lowest BCUT2D eigenvalue weighted by Gasteiger charge is -2.37. The second-order valence-electron chi connectivity index (χ2n) is 11.8. The van der Waals surface area contributed by atoms with Crippen LogP contribution in [0.4, 0.5) is 13.2 Å². The summed E-state index contributed by atoms with van der Waals surface area (Å²) in [6, 6.07) is 4.56. The number of epoxide rings is 1. The van der Waals surface area contributed by atoms with E-state index in [-0.39, 0.29) is 30.3 Å². The SMILES string of the molecule is CC(C)CC1(C)N=C(N)N(CC2CCN(S(=O)(=O)c3ccc4c(c3)CN(C(=O)C(F)(F)F)CC4)CC2)C12CO2. The van der Waals surface area contributed by atoms with Crippen molar-refractivity contribution >= 4 is 21.9 Å². The Balaban J connectivity index is 1.23. The van der Waals surface area contributed by atoms with Gasteiger partial charge in [0, 0.05) is 32.7 Å².